The molecule has 0 aliphatic carbocycles. The van der Waals surface area contributed by atoms with E-state index in [2.05, 4.69) is 31.2 Å². The predicted molar refractivity (Wildman–Crippen MR) is 81.4 cm³/mol. The van der Waals surface area contributed by atoms with Crippen LogP contribution in [0.2, 0.25) is 0 Å². The van der Waals surface area contributed by atoms with Crippen molar-refractivity contribution in [3.05, 3.63) is 22.4 Å². The summed E-state index contributed by atoms with van der Waals surface area (Å²) in [6, 6.07) is 1.31. The van der Waals surface area contributed by atoms with Crippen molar-refractivity contribution in [2.24, 2.45) is 10.9 Å². The number of aliphatic imine (C=N–C) groups is 1. The number of alkyl halides is 3. The molecule has 126 valence electrons. The zero-order chi connectivity index (χ0) is 17.4. The highest BCUT2D eigenvalue weighted by atomic mass is 79.9. The fourth-order valence-electron chi connectivity index (χ4n) is 1.88. The molecule has 0 saturated heterocycles. The van der Waals surface area contributed by atoms with Gasteiger partial charge in [0.25, 0.3) is 5.91 Å². The topological polar surface area (TPSA) is 63.6 Å². The van der Waals surface area contributed by atoms with E-state index in [1.165, 1.54) is 12.3 Å². The number of nitrogens with one attached hydrogen (secondary N) is 1. The van der Waals surface area contributed by atoms with Gasteiger partial charge in [-0.25, -0.2) is 4.99 Å². The van der Waals surface area contributed by atoms with Crippen molar-refractivity contribution in [1.29, 1.82) is 0 Å². The quantitative estimate of drug-likeness (QED) is 0.854. The summed E-state index contributed by atoms with van der Waals surface area (Å²) in [6.07, 6.45) is -3.14. The van der Waals surface area contributed by atoms with Crippen LogP contribution in [0.4, 0.5) is 13.2 Å². The fraction of sp³-hybridized carbons (Fsp3) is 0.500. The number of pyridine rings is 1. The standard InChI is InChI=1S/C14H15BrF3N3O2/c1-7(2)13(3)12(22)20-11(21-13)9-4-10(8(15)5-19-9)23-6-14(16,17)18/h4-5,7H,6H2,1-3H3,(H,20,21,22). The van der Waals surface area contributed by atoms with Gasteiger partial charge in [0.1, 0.15) is 17.0 Å². The molecule has 1 aromatic rings. The lowest BCUT2D eigenvalue weighted by Gasteiger charge is -2.21. The lowest BCUT2D eigenvalue weighted by Crippen LogP contribution is -2.41. The number of halogens is 4. The van der Waals surface area contributed by atoms with E-state index < -0.39 is 18.3 Å². The van der Waals surface area contributed by atoms with E-state index in [0.29, 0.717) is 0 Å². The lowest BCUT2D eigenvalue weighted by molar-refractivity contribution is -0.153. The smallest absolute Gasteiger partial charge is 0.422 e. The summed E-state index contributed by atoms with van der Waals surface area (Å²) >= 11 is 3.08. The van der Waals surface area contributed by atoms with E-state index in [9.17, 15) is 18.0 Å². The van der Waals surface area contributed by atoms with Crippen molar-refractivity contribution in [2.45, 2.75) is 32.5 Å². The molecule has 2 heterocycles. The second-order valence-electron chi connectivity index (χ2n) is 5.62. The largest absolute Gasteiger partial charge is 0.483 e. The maximum absolute atomic E-state index is 12.3. The van der Waals surface area contributed by atoms with Crippen LogP contribution < -0.4 is 10.1 Å². The van der Waals surface area contributed by atoms with E-state index in [4.69, 9.17) is 4.74 Å². The highest BCUT2D eigenvalue weighted by Crippen LogP contribution is 2.30. The number of nitrogens with zero attached hydrogens (tertiary/aromatic N) is 2. The Kier molecular flexibility index (Phi) is 4.70. The van der Waals surface area contributed by atoms with Gasteiger partial charge in [-0.15, -0.1) is 0 Å². The Balaban J connectivity index is 2.30. The first-order chi connectivity index (χ1) is 10.5. The van der Waals surface area contributed by atoms with Crippen LogP contribution in [0.5, 0.6) is 5.75 Å². The molecule has 1 aliphatic rings. The highest BCUT2D eigenvalue weighted by molar-refractivity contribution is 9.10. The van der Waals surface area contributed by atoms with E-state index in [1.807, 2.05) is 13.8 Å². The van der Waals surface area contributed by atoms with Crippen molar-refractivity contribution < 1.29 is 22.7 Å². The van der Waals surface area contributed by atoms with Crippen molar-refractivity contribution >= 4 is 27.7 Å². The monoisotopic (exact) mass is 393 g/mol. The molecule has 0 radical (unpaired) electrons. The van der Waals surface area contributed by atoms with Gasteiger partial charge in [0.05, 0.1) is 4.47 Å². The summed E-state index contributed by atoms with van der Waals surface area (Å²) in [5.41, 5.74) is -0.694. The predicted octanol–water partition coefficient (Wildman–Crippen LogP) is 3.08. The number of hydrogen-bond donors (Lipinski definition) is 1. The minimum atomic E-state index is -4.45. The first kappa shape index (κ1) is 17.7. The van der Waals surface area contributed by atoms with Crippen LogP contribution >= 0.6 is 15.9 Å². The van der Waals surface area contributed by atoms with Crippen molar-refractivity contribution in [3.63, 3.8) is 0 Å². The number of hydrogen-bond acceptors (Lipinski definition) is 4. The molecular formula is C14H15BrF3N3O2. The SMILES string of the molecule is CC(C)C1(C)N=C(c2cc(OCC(F)(F)F)c(Br)cn2)NC1=O. The van der Waals surface area contributed by atoms with Crippen LogP contribution in [0.15, 0.2) is 21.7 Å². The van der Waals surface area contributed by atoms with Crippen molar-refractivity contribution in [2.75, 3.05) is 6.61 Å². The van der Waals surface area contributed by atoms with Crippen LogP contribution in [0.25, 0.3) is 0 Å². The molecule has 1 aliphatic heterocycles. The summed E-state index contributed by atoms with van der Waals surface area (Å²) in [7, 11) is 0. The first-order valence-electron chi connectivity index (χ1n) is 6.79. The maximum Gasteiger partial charge on any atom is 0.422 e. The molecule has 0 spiro atoms. The summed E-state index contributed by atoms with van der Waals surface area (Å²) in [5.74, 6) is -0.126. The average Bonchev–Trinajstić information content (AvgIpc) is 2.74. The summed E-state index contributed by atoms with van der Waals surface area (Å²) in [5, 5.41) is 2.62. The number of carbonyl (C=O) groups excluding carboxylic acids is 1. The molecule has 1 amide bonds. The lowest BCUT2D eigenvalue weighted by atomic mass is 9.89. The van der Waals surface area contributed by atoms with E-state index in [1.54, 1.807) is 6.92 Å². The molecule has 0 bridgehead atoms. The molecule has 0 fully saturated rings. The van der Waals surface area contributed by atoms with Crippen LogP contribution in [-0.4, -0.2) is 35.0 Å². The van der Waals surface area contributed by atoms with E-state index >= 15 is 0 Å². The van der Waals surface area contributed by atoms with Crippen LogP contribution in [0.1, 0.15) is 26.5 Å². The highest BCUT2D eigenvalue weighted by Gasteiger charge is 2.42. The second-order valence-corrected chi connectivity index (χ2v) is 6.47. The number of aromatic nitrogens is 1. The van der Waals surface area contributed by atoms with Crippen molar-refractivity contribution in [1.82, 2.24) is 10.3 Å². The molecule has 1 unspecified atom stereocenters. The van der Waals surface area contributed by atoms with Gasteiger partial charge in [-0.05, 0) is 28.8 Å². The zero-order valence-electron chi connectivity index (χ0n) is 12.7. The summed E-state index contributed by atoms with van der Waals surface area (Å²) in [4.78, 5) is 20.5. The Labute approximate surface area is 139 Å². The maximum atomic E-state index is 12.3. The number of carbonyl (C=O) groups is 1. The van der Waals surface area contributed by atoms with Crippen molar-refractivity contribution in [3.8, 4) is 5.75 Å². The fourth-order valence-corrected chi connectivity index (χ4v) is 2.21. The van der Waals surface area contributed by atoms with Gasteiger partial charge in [0, 0.05) is 12.3 Å². The molecule has 0 saturated carbocycles. The molecule has 0 aromatic carbocycles. The van der Waals surface area contributed by atoms with Gasteiger partial charge in [0.15, 0.2) is 12.4 Å². The first-order valence-corrected chi connectivity index (χ1v) is 7.59. The summed E-state index contributed by atoms with van der Waals surface area (Å²) < 4.78 is 41.9. The third kappa shape index (κ3) is 3.82. The second kappa shape index (κ2) is 6.10. The van der Waals surface area contributed by atoms with Crippen LogP contribution in [-0.2, 0) is 4.79 Å². The third-order valence-corrected chi connectivity index (χ3v) is 4.21. The van der Waals surface area contributed by atoms with Gasteiger partial charge in [-0.1, -0.05) is 13.8 Å². The molecule has 23 heavy (non-hydrogen) atoms. The Morgan fingerprint density at radius 3 is 2.61 bits per heavy atom. The average molecular weight is 394 g/mol. The number of rotatable bonds is 4. The molecule has 5 nitrogen and oxygen atoms in total. The third-order valence-electron chi connectivity index (χ3n) is 3.61. The van der Waals surface area contributed by atoms with E-state index in [0.717, 1.165) is 0 Å². The van der Waals surface area contributed by atoms with E-state index in [-0.39, 0.29) is 33.6 Å². The minimum Gasteiger partial charge on any atom is -0.483 e. The minimum absolute atomic E-state index is 0.0255. The van der Waals surface area contributed by atoms with Gasteiger partial charge in [0.2, 0.25) is 0 Å². The summed E-state index contributed by atoms with van der Waals surface area (Å²) in [6.45, 7) is 4.00. The normalized spacial score (nSPS) is 21.4. The molecule has 1 aromatic heterocycles. The molecule has 1 N–H and O–H groups in total. The molecule has 2 rings (SSSR count). The van der Waals surface area contributed by atoms with Gasteiger partial charge < -0.3 is 10.1 Å². The number of ether oxygens (including phenoxy) is 1. The Morgan fingerprint density at radius 1 is 1.43 bits per heavy atom. The molecule has 9 heteroatoms. The molecule has 1 atom stereocenters. The Bertz CT molecular complexity index is 661. The van der Waals surface area contributed by atoms with Gasteiger partial charge in [-0.3, -0.25) is 9.78 Å². The van der Waals surface area contributed by atoms with Crippen LogP contribution in [0, 0.1) is 5.92 Å². The Hall–Kier alpha value is -1.64. The zero-order valence-corrected chi connectivity index (χ0v) is 14.2. The number of amides is 1. The number of amidine groups is 1. The van der Waals surface area contributed by atoms with Gasteiger partial charge >= 0.3 is 6.18 Å². The van der Waals surface area contributed by atoms with Crippen LogP contribution in [0.3, 0.4) is 0 Å². The molecular weight excluding hydrogens is 379 g/mol. The van der Waals surface area contributed by atoms with Gasteiger partial charge in [-0.2, -0.15) is 13.2 Å². The Morgan fingerprint density at radius 2 is 2.09 bits per heavy atom.